The fourth-order valence-electron chi connectivity index (χ4n) is 2.11. The summed E-state index contributed by atoms with van der Waals surface area (Å²) in [7, 11) is 3.92. The molecule has 0 aliphatic heterocycles. The van der Waals surface area contributed by atoms with Crippen molar-refractivity contribution in [2.45, 2.75) is 19.1 Å². The quantitative estimate of drug-likeness (QED) is 0.783. The van der Waals surface area contributed by atoms with E-state index in [2.05, 4.69) is 40.3 Å². The standard InChI is InChI=1S/C16H22N2OS/c1-17-9-8-15(16-7-4-10-20-16)19-14-6-3-5-13(11-14)12-18-2/h3-7,10-11,15,17-18H,8-9,12H2,1-2H3. The van der Waals surface area contributed by atoms with Crippen LogP contribution >= 0.6 is 11.3 Å². The van der Waals surface area contributed by atoms with Gasteiger partial charge in [0.15, 0.2) is 0 Å². The summed E-state index contributed by atoms with van der Waals surface area (Å²) < 4.78 is 6.19. The van der Waals surface area contributed by atoms with Gasteiger partial charge < -0.3 is 15.4 Å². The van der Waals surface area contributed by atoms with Gasteiger partial charge >= 0.3 is 0 Å². The Bertz CT molecular complexity index is 499. The van der Waals surface area contributed by atoms with Gasteiger partial charge in [0.1, 0.15) is 11.9 Å². The molecule has 0 radical (unpaired) electrons. The van der Waals surface area contributed by atoms with E-state index in [0.717, 1.165) is 25.3 Å². The molecule has 0 aliphatic carbocycles. The van der Waals surface area contributed by atoms with Crippen molar-refractivity contribution >= 4 is 11.3 Å². The van der Waals surface area contributed by atoms with Crippen LogP contribution < -0.4 is 15.4 Å². The van der Waals surface area contributed by atoms with Crippen LogP contribution in [0.3, 0.4) is 0 Å². The number of thiophene rings is 1. The minimum atomic E-state index is 0.118. The number of benzene rings is 1. The highest BCUT2D eigenvalue weighted by Gasteiger charge is 2.14. The average Bonchev–Trinajstić information content (AvgIpc) is 2.98. The Morgan fingerprint density at radius 3 is 2.75 bits per heavy atom. The maximum atomic E-state index is 6.19. The van der Waals surface area contributed by atoms with Crippen LogP contribution in [0.25, 0.3) is 0 Å². The van der Waals surface area contributed by atoms with Crippen LogP contribution in [-0.4, -0.2) is 20.6 Å². The van der Waals surface area contributed by atoms with Crippen molar-refractivity contribution in [3.63, 3.8) is 0 Å². The molecule has 0 aliphatic rings. The third-order valence-corrected chi connectivity index (χ3v) is 4.04. The number of nitrogens with one attached hydrogen (secondary N) is 2. The lowest BCUT2D eigenvalue weighted by atomic mass is 10.2. The minimum absolute atomic E-state index is 0.118. The molecule has 0 amide bonds. The number of hydrogen-bond acceptors (Lipinski definition) is 4. The van der Waals surface area contributed by atoms with E-state index >= 15 is 0 Å². The van der Waals surface area contributed by atoms with E-state index in [1.807, 2.05) is 26.2 Å². The highest BCUT2D eigenvalue weighted by molar-refractivity contribution is 7.10. The molecule has 108 valence electrons. The maximum Gasteiger partial charge on any atom is 0.134 e. The molecule has 20 heavy (non-hydrogen) atoms. The second-order valence-corrected chi connectivity index (χ2v) is 5.67. The second kappa shape index (κ2) is 8.04. The predicted octanol–water partition coefficient (Wildman–Crippen LogP) is 3.20. The summed E-state index contributed by atoms with van der Waals surface area (Å²) >= 11 is 1.75. The number of hydrogen-bond donors (Lipinski definition) is 2. The van der Waals surface area contributed by atoms with Crippen LogP contribution in [0.1, 0.15) is 23.0 Å². The van der Waals surface area contributed by atoms with Gasteiger partial charge in [-0.15, -0.1) is 11.3 Å². The molecule has 2 aromatic rings. The first kappa shape index (κ1) is 15.0. The van der Waals surface area contributed by atoms with Gasteiger partial charge in [-0.1, -0.05) is 18.2 Å². The van der Waals surface area contributed by atoms with Crippen LogP contribution in [0.15, 0.2) is 41.8 Å². The normalized spacial score (nSPS) is 12.3. The van der Waals surface area contributed by atoms with Crippen molar-refractivity contribution in [3.05, 3.63) is 52.2 Å². The van der Waals surface area contributed by atoms with Crippen LogP contribution in [0.5, 0.6) is 5.75 Å². The molecule has 1 aromatic heterocycles. The average molecular weight is 290 g/mol. The zero-order chi connectivity index (χ0) is 14.2. The molecule has 0 saturated heterocycles. The Morgan fingerprint density at radius 2 is 2.05 bits per heavy atom. The lowest BCUT2D eigenvalue weighted by Crippen LogP contribution is -2.15. The van der Waals surface area contributed by atoms with E-state index in [-0.39, 0.29) is 6.10 Å². The van der Waals surface area contributed by atoms with Gasteiger partial charge in [-0.3, -0.25) is 0 Å². The molecule has 4 heteroatoms. The fraction of sp³-hybridized carbons (Fsp3) is 0.375. The van der Waals surface area contributed by atoms with E-state index in [1.165, 1.54) is 10.4 Å². The molecule has 1 aromatic carbocycles. The van der Waals surface area contributed by atoms with E-state index in [1.54, 1.807) is 11.3 Å². The van der Waals surface area contributed by atoms with E-state index in [4.69, 9.17) is 4.74 Å². The lowest BCUT2D eigenvalue weighted by molar-refractivity contribution is 0.198. The van der Waals surface area contributed by atoms with Gasteiger partial charge in [-0.05, 0) is 49.8 Å². The van der Waals surface area contributed by atoms with Crippen molar-refractivity contribution in [1.29, 1.82) is 0 Å². The second-order valence-electron chi connectivity index (χ2n) is 4.69. The number of rotatable bonds is 8. The molecule has 3 nitrogen and oxygen atoms in total. The van der Waals surface area contributed by atoms with Gasteiger partial charge in [-0.2, -0.15) is 0 Å². The van der Waals surface area contributed by atoms with Crippen LogP contribution in [0.4, 0.5) is 0 Å². The van der Waals surface area contributed by atoms with Crippen LogP contribution in [0.2, 0.25) is 0 Å². The topological polar surface area (TPSA) is 33.3 Å². The van der Waals surface area contributed by atoms with Crippen molar-refractivity contribution in [1.82, 2.24) is 10.6 Å². The van der Waals surface area contributed by atoms with Crippen molar-refractivity contribution in [2.24, 2.45) is 0 Å². The monoisotopic (exact) mass is 290 g/mol. The summed E-state index contributed by atoms with van der Waals surface area (Å²) in [6.07, 6.45) is 1.08. The van der Waals surface area contributed by atoms with Gasteiger partial charge in [0.25, 0.3) is 0 Å². The summed E-state index contributed by atoms with van der Waals surface area (Å²) in [4.78, 5) is 1.28. The first-order valence-electron chi connectivity index (χ1n) is 6.91. The van der Waals surface area contributed by atoms with Gasteiger partial charge in [0.05, 0.1) is 0 Å². The summed E-state index contributed by atoms with van der Waals surface area (Å²) in [5, 5.41) is 8.45. The molecule has 0 fully saturated rings. The molecule has 0 spiro atoms. The minimum Gasteiger partial charge on any atom is -0.485 e. The zero-order valence-electron chi connectivity index (χ0n) is 12.1. The van der Waals surface area contributed by atoms with Gasteiger partial charge in [0, 0.05) is 17.8 Å². The van der Waals surface area contributed by atoms with Crippen LogP contribution in [-0.2, 0) is 6.54 Å². The first-order chi connectivity index (χ1) is 9.83. The van der Waals surface area contributed by atoms with E-state index in [9.17, 15) is 0 Å². The molecule has 0 saturated carbocycles. The SMILES string of the molecule is CNCCC(Oc1cccc(CNC)c1)c1cccs1. The van der Waals surface area contributed by atoms with E-state index < -0.39 is 0 Å². The zero-order valence-corrected chi connectivity index (χ0v) is 12.9. The first-order valence-corrected chi connectivity index (χ1v) is 7.79. The smallest absolute Gasteiger partial charge is 0.134 e. The van der Waals surface area contributed by atoms with Crippen molar-refractivity contribution in [2.75, 3.05) is 20.6 Å². The maximum absolute atomic E-state index is 6.19. The molecule has 2 rings (SSSR count). The Kier molecular flexibility index (Phi) is 6.05. The Morgan fingerprint density at radius 1 is 1.15 bits per heavy atom. The number of ether oxygens (including phenoxy) is 1. The largest absolute Gasteiger partial charge is 0.485 e. The van der Waals surface area contributed by atoms with Crippen molar-refractivity contribution in [3.8, 4) is 5.75 Å². The summed E-state index contributed by atoms with van der Waals surface area (Å²) in [6, 6.07) is 12.5. The molecule has 1 heterocycles. The summed E-state index contributed by atoms with van der Waals surface area (Å²) in [5.41, 5.74) is 1.24. The van der Waals surface area contributed by atoms with Crippen molar-refractivity contribution < 1.29 is 4.74 Å². The fourth-order valence-corrected chi connectivity index (χ4v) is 2.90. The third kappa shape index (κ3) is 4.34. The Hall–Kier alpha value is -1.36. The van der Waals surface area contributed by atoms with Crippen LogP contribution in [0, 0.1) is 0 Å². The molecule has 1 atom stereocenters. The molecule has 1 unspecified atom stereocenters. The molecule has 0 bridgehead atoms. The Balaban J connectivity index is 2.08. The molecule has 2 N–H and O–H groups in total. The lowest BCUT2D eigenvalue weighted by Gasteiger charge is -2.18. The Labute approximate surface area is 125 Å². The predicted molar refractivity (Wildman–Crippen MR) is 85.4 cm³/mol. The highest BCUT2D eigenvalue weighted by atomic mass is 32.1. The summed E-state index contributed by atoms with van der Waals surface area (Å²) in [6.45, 7) is 1.80. The van der Waals surface area contributed by atoms with Gasteiger partial charge in [-0.25, -0.2) is 0 Å². The summed E-state index contributed by atoms with van der Waals surface area (Å²) in [5.74, 6) is 0.937. The van der Waals surface area contributed by atoms with E-state index in [0.29, 0.717) is 0 Å². The molecular weight excluding hydrogens is 268 g/mol. The highest BCUT2D eigenvalue weighted by Crippen LogP contribution is 2.28. The molecular formula is C16H22N2OS. The third-order valence-electron chi connectivity index (χ3n) is 3.07. The van der Waals surface area contributed by atoms with Gasteiger partial charge in [0.2, 0.25) is 0 Å².